The monoisotopic (exact) mass is 510 g/mol. The van der Waals surface area contributed by atoms with E-state index in [4.69, 9.17) is 4.74 Å². The molecule has 3 rings (SSSR count). The molecule has 0 unspecified atom stereocenters. The van der Waals surface area contributed by atoms with Crippen molar-refractivity contribution in [2.75, 3.05) is 58.3 Å². The molecule has 0 spiro atoms. The van der Waals surface area contributed by atoms with E-state index >= 15 is 0 Å². The number of likely N-dealkylation sites (N-methyl/N-ethyl adjacent to an activating group) is 1. The molecule has 1 aliphatic heterocycles. The van der Waals surface area contributed by atoms with Crippen molar-refractivity contribution in [2.24, 2.45) is 4.99 Å². The molecule has 1 aromatic heterocycles. The molecule has 0 bridgehead atoms. The molecule has 0 aliphatic carbocycles. The van der Waals surface area contributed by atoms with Crippen LogP contribution in [0, 0.1) is 0 Å². The van der Waals surface area contributed by atoms with E-state index in [1.807, 2.05) is 42.6 Å². The molecule has 1 aliphatic rings. The topological polar surface area (TPSA) is 65.0 Å². The zero-order valence-electron chi connectivity index (χ0n) is 17.2. The summed E-state index contributed by atoms with van der Waals surface area (Å²) >= 11 is 0. The molecule has 158 valence electrons. The van der Waals surface area contributed by atoms with E-state index in [1.54, 1.807) is 7.05 Å². The van der Waals surface area contributed by atoms with Crippen molar-refractivity contribution in [2.45, 2.75) is 6.54 Å². The van der Waals surface area contributed by atoms with Crippen LogP contribution in [0.2, 0.25) is 0 Å². The molecule has 0 saturated carbocycles. The molecule has 8 heteroatoms. The number of guanidine groups is 1. The highest BCUT2D eigenvalue weighted by Crippen LogP contribution is 2.14. The number of pyridine rings is 1. The van der Waals surface area contributed by atoms with E-state index in [1.165, 1.54) is 5.56 Å². The van der Waals surface area contributed by atoms with E-state index in [9.17, 15) is 0 Å². The van der Waals surface area contributed by atoms with Crippen molar-refractivity contribution in [1.29, 1.82) is 0 Å². The number of nitrogens with one attached hydrogen (secondary N) is 2. The summed E-state index contributed by atoms with van der Waals surface area (Å²) in [7, 11) is 3.93. The number of para-hydroxylation sites is 1. The van der Waals surface area contributed by atoms with Gasteiger partial charge in [-0.15, -0.1) is 24.0 Å². The third-order valence-electron chi connectivity index (χ3n) is 4.73. The quantitative estimate of drug-likeness (QED) is 0.258. The molecule has 1 saturated heterocycles. The standard InChI is InChI=1S/C21H30N6O.HI/c1-22-21(24-10-15-28-19-6-4-3-5-7-19)25-17-18-8-9-23-20(16-18)27-13-11-26(2)12-14-27;/h3-9,16H,10-15,17H2,1-2H3,(H2,22,24,25);1H. The maximum absolute atomic E-state index is 5.69. The van der Waals surface area contributed by atoms with Crippen LogP contribution in [0.1, 0.15) is 5.56 Å². The number of hydrogen-bond donors (Lipinski definition) is 2. The summed E-state index contributed by atoms with van der Waals surface area (Å²) in [5.41, 5.74) is 1.19. The summed E-state index contributed by atoms with van der Waals surface area (Å²) in [6.07, 6.45) is 1.88. The molecular formula is C21H31IN6O. The fraction of sp³-hybridized carbons (Fsp3) is 0.429. The second kappa shape index (κ2) is 12.5. The molecule has 0 radical (unpaired) electrons. The zero-order valence-corrected chi connectivity index (χ0v) is 19.5. The van der Waals surface area contributed by atoms with E-state index in [2.05, 4.69) is 43.5 Å². The number of ether oxygens (including phenoxy) is 1. The fourth-order valence-electron chi connectivity index (χ4n) is 3.04. The summed E-state index contributed by atoms with van der Waals surface area (Å²) in [6, 6.07) is 14.0. The lowest BCUT2D eigenvalue weighted by Gasteiger charge is -2.33. The van der Waals surface area contributed by atoms with Gasteiger partial charge in [-0.3, -0.25) is 4.99 Å². The number of halogens is 1. The van der Waals surface area contributed by atoms with Gasteiger partial charge in [-0.1, -0.05) is 18.2 Å². The Morgan fingerprint density at radius 3 is 2.59 bits per heavy atom. The van der Waals surface area contributed by atoms with Crippen LogP contribution in [0.3, 0.4) is 0 Å². The predicted octanol–water partition coefficient (Wildman–Crippen LogP) is 2.20. The van der Waals surface area contributed by atoms with Gasteiger partial charge in [0.1, 0.15) is 18.2 Å². The normalized spacial score (nSPS) is 14.8. The van der Waals surface area contributed by atoms with Crippen molar-refractivity contribution in [1.82, 2.24) is 20.5 Å². The van der Waals surface area contributed by atoms with Gasteiger partial charge in [0, 0.05) is 46.0 Å². The Morgan fingerprint density at radius 2 is 1.86 bits per heavy atom. The Labute approximate surface area is 190 Å². The zero-order chi connectivity index (χ0) is 19.6. The molecule has 2 heterocycles. The summed E-state index contributed by atoms with van der Waals surface area (Å²) in [5.74, 6) is 2.68. The smallest absolute Gasteiger partial charge is 0.191 e. The van der Waals surface area contributed by atoms with E-state index in [0.717, 1.165) is 43.7 Å². The van der Waals surface area contributed by atoms with Gasteiger partial charge < -0.3 is 25.2 Å². The van der Waals surface area contributed by atoms with Crippen LogP contribution in [0.5, 0.6) is 5.75 Å². The van der Waals surface area contributed by atoms with Crippen LogP contribution in [0.15, 0.2) is 53.7 Å². The number of piperazine rings is 1. The van der Waals surface area contributed by atoms with E-state index in [-0.39, 0.29) is 24.0 Å². The van der Waals surface area contributed by atoms with Gasteiger partial charge in [0.25, 0.3) is 0 Å². The first-order valence-electron chi connectivity index (χ1n) is 9.75. The number of hydrogen-bond acceptors (Lipinski definition) is 5. The van der Waals surface area contributed by atoms with Crippen LogP contribution < -0.4 is 20.3 Å². The van der Waals surface area contributed by atoms with Gasteiger partial charge in [0.2, 0.25) is 0 Å². The summed E-state index contributed by atoms with van der Waals surface area (Å²) in [5, 5.41) is 6.63. The molecule has 1 fully saturated rings. The molecule has 1 aromatic carbocycles. The highest BCUT2D eigenvalue weighted by molar-refractivity contribution is 14.0. The number of anilines is 1. The van der Waals surface area contributed by atoms with E-state index in [0.29, 0.717) is 19.7 Å². The second-order valence-electron chi connectivity index (χ2n) is 6.83. The number of benzene rings is 1. The van der Waals surface area contributed by atoms with Gasteiger partial charge in [-0.05, 0) is 36.9 Å². The first kappa shape index (κ1) is 23.2. The van der Waals surface area contributed by atoms with Crippen LogP contribution in [0.4, 0.5) is 5.82 Å². The Bertz CT molecular complexity index is 750. The fourth-order valence-corrected chi connectivity index (χ4v) is 3.04. The van der Waals surface area contributed by atoms with Crippen molar-refractivity contribution < 1.29 is 4.74 Å². The van der Waals surface area contributed by atoms with Crippen molar-refractivity contribution in [3.05, 3.63) is 54.2 Å². The lowest BCUT2D eigenvalue weighted by Crippen LogP contribution is -2.44. The number of aliphatic imine (C=N–C) groups is 1. The number of aromatic nitrogens is 1. The molecular weight excluding hydrogens is 479 g/mol. The number of rotatable bonds is 7. The first-order valence-corrected chi connectivity index (χ1v) is 9.75. The van der Waals surface area contributed by atoms with Gasteiger partial charge in [0.05, 0.1) is 6.54 Å². The maximum Gasteiger partial charge on any atom is 0.191 e. The molecule has 2 N–H and O–H groups in total. The van der Waals surface area contributed by atoms with Crippen molar-refractivity contribution >= 4 is 35.8 Å². The third-order valence-corrected chi connectivity index (χ3v) is 4.73. The summed E-state index contributed by atoms with van der Waals surface area (Å²) < 4.78 is 5.69. The van der Waals surface area contributed by atoms with Crippen LogP contribution in [-0.2, 0) is 6.54 Å². The maximum atomic E-state index is 5.69. The van der Waals surface area contributed by atoms with Gasteiger partial charge in [-0.25, -0.2) is 4.98 Å². The Morgan fingerprint density at radius 1 is 1.10 bits per heavy atom. The Balaban J connectivity index is 0.00000300. The summed E-state index contributed by atoms with van der Waals surface area (Å²) in [6.45, 7) is 6.14. The minimum absolute atomic E-state index is 0. The third kappa shape index (κ3) is 7.69. The minimum atomic E-state index is 0. The Hall–Kier alpha value is -2.07. The SMILES string of the molecule is CN=C(NCCOc1ccccc1)NCc1ccnc(N2CCN(C)CC2)c1.I. The minimum Gasteiger partial charge on any atom is -0.492 e. The highest BCUT2D eigenvalue weighted by atomic mass is 127. The Kier molecular flexibility index (Phi) is 9.99. The molecule has 0 atom stereocenters. The van der Waals surface area contributed by atoms with Gasteiger partial charge >= 0.3 is 0 Å². The van der Waals surface area contributed by atoms with Gasteiger partial charge in [0.15, 0.2) is 5.96 Å². The summed E-state index contributed by atoms with van der Waals surface area (Å²) in [4.78, 5) is 13.5. The van der Waals surface area contributed by atoms with Gasteiger partial charge in [-0.2, -0.15) is 0 Å². The average Bonchev–Trinajstić information content (AvgIpc) is 2.75. The highest BCUT2D eigenvalue weighted by Gasteiger charge is 2.15. The molecule has 7 nitrogen and oxygen atoms in total. The lowest BCUT2D eigenvalue weighted by atomic mass is 10.2. The second-order valence-corrected chi connectivity index (χ2v) is 6.83. The van der Waals surface area contributed by atoms with E-state index < -0.39 is 0 Å². The first-order chi connectivity index (χ1) is 13.7. The largest absolute Gasteiger partial charge is 0.492 e. The van der Waals surface area contributed by atoms with Crippen LogP contribution in [-0.4, -0.2) is 69.3 Å². The predicted molar refractivity (Wildman–Crippen MR) is 130 cm³/mol. The van der Waals surface area contributed by atoms with Crippen molar-refractivity contribution in [3.8, 4) is 5.75 Å². The number of nitrogens with zero attached hydrogens (tertiary/aromatic N) is 4. The average molecular weight is 510 g/mol. The van der Waals surface area contributed by atoms with Crippen molar-refractivity contribution in [3.63, 3.8) is 0 Å². The molecule has 29 heavy (non-hydrogen) atoms. The van der Waals surface area contributed by atoms with Crippen LogP contribution >= 0.6 is 24.0 Å². The molecule has 0 amide bonds. The van der Waals surface area contributed by atoms with Crippen LogP contribution in [0.25, 0.3) is 0 Å². The lowest BCUT2D eigenvalue weighted by molar-refractivity contribution is 0.312. The molecule has 2 aromatic rings.